The average Bonchev–Trinajstić information content (AvgIpc) is 3.03. The van der Waals surface area contributed by atoms with E-state index in [1.54, 1.807) is 67.8 Å². The molecule has 0 aromatic heterocycles. The number of hydrogen-bond donors (Lipinski definition) is 3. The lowest BCUT2D eigenvalue weighted by molar-refractivity contribution is -0.116. The maximum absolute atomic E-state index is 13.6. The Labute approximate surface area is 268 Å². The van der Waals surface area contributed by atoms with Gasteiger partial charge in [0.15, 0.2) is 0 Å². The summed E-state index contributed by atoms with van der Waals surface area (Å²) in [5.74, 6) is -0.0000665. The Kier molecular flexibility index (Phi) is 11.4. The summed E-state index contributed by atoms with van der Waals surface area (Å²) in [4.78, 5) is 40.7. The molecule has 0 bridgehead atoms. The largest absolute Gasteiger partial charge is 0.497 e. The molecule has 4 aromatic carbocycles. The monoisotopic (exact) mass is 623 g/mol. The van der Waals surface area contributed by atoms with Gasteiger partial charge in [-0.05, 0) is 92.1 Å². The molecule has 4 aromatic rings. The first-order chi connectivity index (χ1) is 21.7. The number of thioether (sulfide) groups is 1. The molecule has 0 saturated carbocycles. The van der Waals surface area contributed by atoms with Crippen LogP contribution in [0.3, 0.4) is 0 Å². The minimum atomic E-state index is -0.529. The van der Waals surface area contributed by atoms with Gasteiger partial charge in [-0.1, -0.05) is 37.3 Å². The summed E-state index contributed by atoms with van der Waals surface area (Å²) in [6.45, 7) is 5.95. The Morgan fingerprint density at radius 2 is 1.53 bits per heavy atom. The van der Waals surface area contributed by atoms with Gasteiger partial charge in [0.25, 0.3) is 11.8 Å². The van der Waals surface area contributed by atoms with Gasteiger partial charge in [0.2, 0.25) is 5.91 Å². The summed E-state index contributed by atoms with van der Waals surface area (Å²) in [7, 11) is 3.07. The number of carbonyl (C=O) groups excluding carboxylic acids is 3. The number of rotatable bonds is 12. The summed E-state index contributed by atoms with van der Waals surface area (Å²) >= 11 is 1.42. The number of nitrogens with one attached hydrogen (secondary N) is 3. The van der Waals surface area contributed by atoms with Crippen molar-refractivity contribution in [3.8, 4) is 11.5 Å². The number of aryl methyl sites for hydroxylation is 2. The highest BCUT2D eigenvalue weighted by atomic mass is 32.2. The number of amides is 3. The summed E-state index contributed by atoms with van der Waals surface area (Å²) in [6, 6.07) is 27.0. The number of ether oxygens (including phenoxy) is 2. The number of benzene rings is 4. The topological polar surface area (TPSA) is 106 Å². The van der Waals surface area contributed by atoms with Crippen LogP contribution in [0.5, 0.6) is 11.5 Å². The van der Waals surface area contributed by atoms with E-state index in [1.807, 2.05) is 51.1 Å². The van der Waals surface area contributed by atoms with E-state index in [2.05, 4.69) is 22.0 Å². The third kappa shape index (κ3) is 9.23. The highest BCUT2D eigenvalue weighted by molar-refractivity contribution is 8.00. The fourth-order valence-electron chi connectivity index (χ4n) is 4.64. The first-order valence-electron chi connectivity index (χ1n) is 14.5. The molecule has 45 heavy (non-hydrogen) atoms. The van der Waals surface area contributed by atoms with E-state index in [-0.39, 0.29) is 16.9 Å². The zero-order valence-corrected chi connectivity index (χ0v) is 26.8. The standard InChI is InChI=1S/C36H37N3O5S/c1-6-33(36(42)38-28-18-23(2)17-24(3)19-28)45-30-14-10-13-27(21-30)37-35(41)31(39-34(40)25-11-8-7-9-12-25)20-26-15-16-29(43-4)22-32(26)44-5/h7-22,33H,6H2,1-5H3,(H,37,41)(H,38,42)(H,39,40)/b31-20+. The lowest BCUT2D eigenvalue weighted by Crippen LogP contribution is -2.30. The quantitative estimate of drug-likeness (QED) is 0.114. The van der Waals surface area contributed by atoms with Crippen molar-refractivity contribution in [2.75, 3.05) is 24.9 Å². The Morgan fingerprint density at radius 1 is 0.800 bits per heavy atom. The lowest BCUT2D eigenvalue weighted by Gasteiger charge is -2.16. The van der Waals surface area contributed by atoms with Crippen molar-refractivity contribution in [1.29, 1.82) is 0 Å². The van der Waals surface area contributed by atoms with Crippen molar-refractivity contribution in [2.45, 2.75) is 37.3 Å². The molecular formula is C36H37N3O5S. The molecule has 8 nitrogen and oxygen atoms in total. The number of anilines is 2. The number of hydrogen-bond acceptors (Lipinski definition) is 6. The minimum absolute atomic E-state index is 0.0182. The molecular weight excluding hydrogens is 586 g/mol. The normalized spacial score (nSPS) is 11.7. The van der Waals surface area contributed by atoms with Crippen molar-refractivity contribution >= 4 is 46.9 Å². The van der Waals surface area contributed by atoms with Crippen LogP contribution in [0.4, 0.5) is 11.4 Å². The van der Waals surface area contributed by atoms with E-state index >= 15 is 0 Å². The van der Waals surface area contributed by atoms with E-state index in [1.165, 1.54) is 18.9 Å². The molecule has 0 radical (unpaired) electrons. The molecule has 0 aliphatic carbocycles. The maximum Gasteiger partial charge on any atom is 0.272 e. The third-order valence-corrected chi connectivity index (χ3v) is 8.15. The van der Waals surface area contributed by atoms with E-state index in [9.17, 15) is 14.4 Å². The smallest absolute Gasteiger partial charge is 0.272 e. The Balaban J connectivity index is 1.55. The minimum Gasteiger partial charge on any atom is -0.497 e. The van der Waals surface area contributed by atoms with Gasteiger partial charge in [0, 0.05) is 33.5 Å². The van der Waals surface area contributed by atoms with E-state index in [0.717, 1.165) is 21.7 Å². The second kappa shape index (κ2) is 15.6. The molecule has 3 amide bonds. The zero-order chi connectivity index (χ0) is 32.3. The molecule has 0 aliphatic rings. The Hall–Kier alpha value is -5.02. The van der Waals surface area contributed by atoms with Gasteiger partial charge >= 0.3 is 0 Å². The zero-order valence-electron chi connectivity index (χ0n) is 26.0. The van der Waals surface area contributed by atoms with E-state index < -0.39 is 11.8 Å². The van der Waals surface area contributed by atoms with Gasteiger partial charge in [-0.15, -0.1) is 11.8 Å². The summed E-state index contributed by atoms with van der Waals surface area (Å²) in [5.41, 5.74) is 4.42. The molecule has 0 saturated heterocycles. The Morgan fingerprint density at radius 3 is 2.20 bits per heavy atom. The fourth-order valence-corrected chi connectivity index (χ4v) is 5.65. The first kappa shape index (κ1) is 32.9. The number of methoxy groups -OCH3 is 2. The van der Waals surface area contributed by atoms with E-state index in [4.69, 9.17) is 9.47 Å². The average molecular weight is 624 g/mol. The van der Waals surface area contributed by atoms with Crippen molar-refractivity contribution in [1.82, 2.24) is 5.32 Å². The van der Waals surface area contributed by atoms with Crippen LogP contribution in [0.15, 0.2) is 102 Å². The van der Waals surface area contributed by atoms with Crippen LogP contribution in [0.1, 0.15) is 40.4 Å². The molecule has 0 fully saturated rings. The molecule has 3 N–H and O–H groups in total. The van der Waals surface area contributed by atoms with Crippen LogP contribution in [0.25, 0.3) is 6.08 Å². The van der Waals surface area contributed by atoms with Crippen LogP contribution in [0, 0.1) is 13.8 Å². The second-order valence-corrected chi connectivity index (χ2v) is 11.6. The van der Waals surface area contributed by atoms with Crippen LogP contribution in [-0.4, -0.2) is 37.2 Å². The van der Waals surface area contributed by atoms with Crippen molar-refractivity contribution < 1.29 is 23.9 Å². The van der Waals surface area contributed by atoms with Gasteiger partial charge in [0.05, 0.1) is 19.5 Å². The lowest BCUT2D eigenvalue weighted by atomic mass is 10.1. The van der Waals surface area contributed by atoms with Crippen molar-refractivity contribution in [3.63, 3.8) is 0 Å². The summed E-state index contributed by atoms with van der Waals surface area (Å²) in [6.07, 6.45) is 2.16. The predicted molar refractivity (Wildman–Crippen MR) is 181 cm³/mol. The van der Waals surface area contributed by atoms with Gasteiger partial charge in [-0.2, -0.15) is 0 Å². The van der Waals surface area contributed by atoms with Crippen molar-refractivity contribution in [2.24, 2.45) is 0 Å². The van der Waals surface area contributed by atoms with Gasteiger partial charge in [-0.3, -0.25) is 14.4 Å². The van der Waals surface area contributed by atoms with Gasteiger partial charge in [-0.25, -0.2) is 0 Å². The first-order valence-corrected chi connectivity index (χ1v) is 15.3. The SMILES string of the molecule is CCC(Sc1cccc(NC(=O)/C(=C\c2ccc(OC)cc2OC)NC(=O)c2ccccc2)c1)C(=O)Nc1cc(C)cc(C)c1. The predicted octanol–water partition coefficient (Wildman–Crippen LogP) is 7.24. The van der Waals surface area contributed by atoms with E-state index in [0.29, 0.717) is 34.7 Å². The molecule has 232 valence electrons. The molecule has 0 spiro atoms. The van der Waals surface area contributed by atoms with Crippen LogP contribution in [-0.2, 0) is 9.59 Å². The summed E-state index contributed by atoms with van der Waals surface area (Å²) in [5, 5.41) is 8.33. The molecule has 4 rings (SSSR count). The molecule has 1 atom stereocenters. The molecule has 0 heterocycles. The van der Waals surface area contributed by atoms with Gasteiger partial charge in [0.1, 0.15) is 17.2 Å². The fraction of sp³-hybridized carbons (Fsp3) is 0.194. The van der Waals surface area contributed by atoms with Gasteiger partial charge < -0.3 is 25.4 Å². The van der Waals surface area contributed by atoms with Crippen LogP contribution in [0.2, 0.25) is 0 Å². The third-order valence-electron chi connectivity index (χ3n) is 6.79. The highest BCUT2D eigenvalue weighted by Gasteiger charge is 2.20. The van der Waals surface area contributed by atoms with Crippen LogP contribution < -0.4 is 25.4 Å². The number of carbonyl (C=O) groups is 3. The molecule has 1 unspecified atom stereocenters. The van der Waals surface area contributed by atoms with Crippen LogP contribution >= 0.6 is 11.8 Å². The molecule has 9 heteroatoms. The highest BCUT2D eigenvalue weighted by Crippen LogP contribution is 2.30. The summed E-state index contributed by atoms with van der Waals surface area (Å²) < 4.78 is 10.8. The van der Waals surface area contributed by atoms with Crippen molar-refractivity contribution in [3.05, 3.63) is 119 Å². The second-order valence-electron chi connectivity index (χ2n) is 10.3. The maximum atomic E-state index is 13.6. The Bertz CT molecular complexity index is 1680. The molecule has 0 aliphatic heterocycles.